The molecule has 2 heteroatoms. The minimum Gasteiger partial charge on any atom is -0.309 e. The number of benzene rings is 7. The zero-order chi connectivity index (χ0) is 29.5. The number of aromatic nitrogens is 1. The van der Waals surface area contributed by atoms with Gasteiger partial charge < -0.3 is 4.57 Å². The fourth-order valence-corrected chi connectivity index (χ4v) is 6.67. The summed E-state index contributed by atoms with van der Waals surface area (Å²) >= 11 is 3.59. The molecule has 208 valence electrons. The molecule has 0 aliphatic heterocycles. The largest absolute Gasteiger partial charge is 0.309 e. The molecule has 0 unspecified atom stereocenters. The first kappa shape index (κ1) is 26.4. The van der Waals surface area contributed by atoms with Crippen molar-refractivity contribution in [2.24, 2.45) is 0 Å². The SMILES string of the molecule is Brc1ccc(-c2ccccc2-c2ccc3c4ccccc4n(-c4ccc(-c5ccccc5)cc4-c4ccccc4)c3c2)cc1. The molecule has 0 spiro atoms. The summed E-state index contributed by atoms with van der Waals surface area (Å²) in [4.78, 5) is 0. The van der Waals surface area contributed by atoms with Crippen LogP contribution < -0.4 is 0 Å². The summed E-state index contributed by atoms with van der Waals surface area (Å²) in [6.45, 7) is 0. The van der Waals surface area contributed by atoms with E-state index in [4.69, 9.17) is 0 Å². The van der Waals surface area contributed by atoms with Crippen LogP contribution in [-0.4, -0.2) is 4.57 Å². The van der Waals surface area contributed by atoms with Crippen LogP contribution in [0, 0.1) is 0 Å². The zero-order valence-corrected chi connectivity index (χ0v) is 25.6. The van der Waals surface area contributed by atoms with Crippen LogP contribution in [0.2, 0.25) is 0 Å². The van der Waals surface area contributed by atoms with E-state index in [0.29, 0.717) is 0 Å². The molecule has 0 aliphatic rings. The normalized spacial score (nSPS) is 11.3. The summed E-state index contributed by atoms with van der Waals surface area (Å²) in [7, 11) is 0. The van der Waals surface area contributed by atoms with Crippen LogP contribution in [0.5, 0.6) is 0 Å². The lowest BCUT2D eigenvalue weighted by atomic mass is 9.94. The maximum Gasteiger partial charge on any atom is 0.0547 e. The third-order valence-corrected chi connectivity index (χ3v) is 9.03. The molecule has 0 saturated heterocycles. The Morgan fingerprint density at radius 2 is 0.886 bits per heavy atom. The summed E-state index contributed by atoms with van der Waals surface area (Å²) in [6.07, 6.45) is 0. The summed E-state index contributed by atoms with van der Waals surface area (Å²) in [5.41, 5.74) is 13.2. The number of halogens is 1. The van der Waals surface area contributed by atoms with Gasteiger partial charge in [-0.3, -0.25) is 0 Å². The minimum atomic E-state index is 1.08. The lowest BCUT2D eigenvalue weighted by molar-refractivity contribution is 1.18. The van der Waals surface area contributed by atoms with Crippen LogP contribution in [0.25, 0.3) is 72.0 Å². The van der Waals surface area contributed by atoms with Gasteiger partial charge in [0.1, 0.15) is 0 Å². The standard InChI is InChI=1S/C42H28BrN/c43-34-23-19-31(20-24-34)35-15-7-8-16-36(35)33-21-25-38-37-17-9-10-18-40(37)44(42(38)28-33)41-26-22-32(29-11-3-1-4-12-29)27-39(41)30-13-5-2-6-14-30/h1-28H. The van der Waals surface area contributed by atoms with Crippen LogP contribution in [0.15, 0.2) is 174 Å². The second kappa shape index (κ2) is 11.1. The van der Waals surface area contributed by atoms with Crippen molar-refractivity contribution in [3.05, 3.63) is 174 Å². The van der Waals surface area contributed by atoms with Gasteiger partial charge in [-0.2, -0.15) is 0 Å². The zero-order valence-electron chi connectivity index (χ0n) is 24.0. The van der Waals surface area contributed by atoms with Gasteiger partial charge in [-0.1, -0.05) is 149 Å². The van der Waals surface area contributed by atoms with Crippen molar-refractivity contribution in [3.63, 3.8) is 0 Å². The molecule has 44 heavy (non-hydrogen) atoms. The highest BCUT2D eigenvalue weighted by Crippen LogP contribution is 2.41. The third-order valence-electron chi connectivity index (χ3n) is 8.50. The van der Waals surface area contributed by atoms with Gasteiger partial charge in [0, 0.05) is 20.8 Å². The number of hydrogen-bond donors (Lipinski definition) is 0. The van der Waals surface area contributed by atoms with E-state index in [0.717, 1.165) is 4.47 Å². The summed E-state index contributed by atoms with van der Waals surface area (Å²) in [6, 6.07) is 61.2. The number of fused-ring (bicyclic) bond motifs is 3. The molecule has 0 radical (unpaired) electrons. The lowest BCUT2D eigenvalue weighted by Crippen LogP contribution is -1.98. The van der Waals surface area contributed by atoms with E-state index in [1.165, 1.54) is 72.0 Å². The van der Waals surface area contributed by atoms with E-state index in [1.54, 1.807) is 0 Å². The second-order valence-electron chi connectivity index (χ2n) is 11.1. The predicted molar refractivity (Wildman–Crippen MR) is 190 cm³/mol. The molecule has 0 amide bonds. The summed E-state index contributed by atoms with van der Waals surface area (Å²) < 4.78 is 3.53. The molecule has 8 rings (SSSR count). The van der Waals surface area contributed by atoms with Gasteiger partial charge in [0.2, 0.25) is 0 Å². The minimum absolute atomic E-state index is 1.08. The number of hydrogen-bond acceptors (Lipinski definition) is 0. The second-order valence-corrected chi connectivity index (χ2v) is 12.0. The Kier molecular flexibility index (Phi) is 6.70. The van der Waals surface area contributed by atoms with Crippen molar-refractivity contribution in [2.75, 3.05) is 0 Å². The molecule has 8 aromatic rings. The third kappa shape index (κ3) is 4.65. The van der Waals surface area contributed by atoms with Crippen LogP contribution in [0.1, 0.15) is 0 Å². The van der Waals surface area contributed by atoms with Gasteiger partial charge >= 0.3 is 0 Å². The fourth-order valence-electron chi connectivity index (χ4n) is 6.40. The van der Waals surface area contributed by atoms with Crippen molar-refractivity contribution >= 4 is 37.7 Å². The van der Waals surface area contributed by atoms with E-state index in [2.05, 4.69) is 190 Å². The molecule has 1 heterocycles. The first-order chi connectivity index (χ1) is 21.7. The van der Waals surface area contributed by atoms with Crippen LogP contribution in [0.4, 0.5) is 0 Å². The Labute approximate surface area is 265 Å². The van der Waals surface area contributed by atoms with Crippen molar-refractivity contribution < 1.29 is 0 Å². The molecule has 0 N–H and O–H groups in total. The van der Waals surface area contributed by atoms with Gasteiger partial charge in [0.05, 0.1) is 16.7 Å². The Morgan fingerprint density at radius 1 is 0.341 bits per heavy atom. The van der Waals surface area contributed by atoms with Crippen LogP contribution in [-0.2, 0) is 0 Å². The fraction of sp³-hybridized carbons (Fsp3) is 0. The molecule has 7 aromatic carbocycles. The maximum absolute atomic E-state index is 3.59. The van der Waals surface area contributed by atoms with Gasteiger partial charge in [-0.25, -0.2) is 0 Å². The van der Waals surface area contributed by atoms with Gasteiger partial charge in [-0.15, -0.1) is 0 Å². The molecule has 0 fully saturated rings. The lowest BCUT2D eigenvalue weighted by Gasteiger charge is -2.17. The molecule has 0 bridgehead atoms. The van der Waals surface area contributed by atoms with Crippen molar-refractivity contribution in [1.29, 1.82) is 0 Å². The Bertz CT molecular complexity index is 2260. The number of para-hydroxylation sites is 1. The van der Waals surface area contributed by atoms with Crippen molar-refractivity contribution in [1.82, 2.24) is 4.57 Å². The van der Waals surface area contributed by atoms with E-state index < -0.39 is 0 Å². The highest BCUT2D eigenvalue weighted by molar-refractivity contribution is 9.10. The monoisotopic (exact) mass is 625 g/mol. The molecule has 0 saturated carbocycles. The van der Waals surface area contributed by atoms with Crippen molar-refractivity contribution in [3.8, 4) is 50.2 Å². The first-order valence-electron chi connectivity index (χ1n) is 14.9. The Balaban J connectivity index is 1.39. The number of rotatable bonds is 5. The van der Waals surface area contributed by atoms with Gasteiger partial charge in [0.15, 0.2) is 0 Å². The van der Waals surface area contributed by atoms with E-state index in [1.807, 2.05) is 0 Å². The Morgan fingerprint density at radius 3 is 1.64 bits per heavy atom. The molecule has 1 nitrogen and oxygen atoms in total. The molecule has 0 aliphatic carbocycles. The average molecular weight is 627 g/mol. The molecular weight excluding hydrogens is 598 g/mol. The highest BCUT2D eigenvalue weighted by Gasteiger charge is 2.18. The Hall–Kier alpha value is -5.18. The van der Waals surface area contributed by atoms with Gasteiger partial charge in [-0.05, 0) is 75.3 Å². The van der Waals surface area contributed by atoms with E-state index in [9.17, 15) is 0 Å². The quantitative estimate of drug-likeness (QED) is 0.179. The highest BCUT2D eigenvalue weighted by atomic mass is 79.9. The van der Waals surface area contributed by atoms with E-state index in [-0.39, 0.29) is 0 Å². The van der Waals surface area contributed by atoms with Gasteiger partial charge in [0.25, 0.3) is 0 Å². The summed E-state index contributed by atoms with van der Waals surface area (Å²) in [5, 5.41) is 2.50. The topological polar surface area (TPSA) is 4.93 Å². The first-order valence-corrected chi connectivity index (χ1v) is 15.7. The molecular formula is C42H28BrN. The number of nitrogens with zero attached hydrogens (tertiary/aromatic N) is 1. The maximum atomic E-state index is 3.59. The average Bonchev–Trinajstić information content (AvgIpc) is 3.42. The summed E-state index contributed by atoms with van der Waals surface area (Å²) in [5.74, 6) is 0. The predicted octanol–water partition coefficient (Wildman–Crippen LogP) is 12.2. The smallest absolute Gasteiger partial charge is 0.0547 e. The van der Waals surface area contributed by atoms with Crippen LogP contribution in [0.3, 0.4) is 0 Å². The van der Waals surface area contributed by atoms with Crippen molar-refractivity contribution in [2.45, 2.75) is 0 Å². The van der Waals surface area contributed by atoms with E-state index >= 15 is 0 Å². The molecule has 1 aromatic heterocycles. The van der Waals surface area contributed by atoms with Crippen LogP contribution >= 0.6 is 15.9 Å². The molecule has 0 atom stereocenters.